The minimum atomic E-state index is -0.469. The van der Waals surface area contributed by atoms with E-state index in [9.17, 15) is 4.79 Å². The van der Waals surface area contributed by atoms with Gasteiger partial charge in [-0.05, 0) is 30.5 Å². The van der Waals surface area contributed by atoms with E-state index in [1.807, 2.05) is 13.8 Å². The van der Waals surface area contributed by atoms with Gasteiger partial charge in [0.25, 0.3) is 0 Å². The highest BCUT2D eigenvalue weighted by molar-refractivity contribution is 6.00. The average Bonchev–Trinajstić information content (AvgIpc) is 2.36. The van der Waals surface area contributed by atoms with Crippen LogP contribution < -0.4 is 15.2 Å². The van der Waals surface area contributed by atoms with E-state index in [2.05, 4.69) is 0 Å². The molecule has 0 saturated heterocycles. The molecule has 0 aromatic heterocycles. The summed E-state index contributed by atoms with van der Waals surface area (Å²) in [5.41, 5.74) is 6.45. The molecule has 0 aliphatic heterocycles. The Labute approximate surface area is 108 Å². The van der Waals surface area contributed by atoms with E-state index in [1.165, 1.54) is 0 Å². The van der Waals surface area contributed by atoms with Gasteiger partial charge in [0, 0.05) is 5.56 Å². The number of hydrogen-bond donors (Lipinski definition) is 1. The molecule has 0 fully saturated rings. The number of carbonyl (C=O) groups excluding carboxylic acids is 1. The Morgan fingerprint density at radius 1 is 1.22 bits per heavy atom. The van der Waals surface area contributed by atoms with E-state index in [0.717, 1.165) is 0 Å². The van der Waals surface area contributed by atoms with Crippen LogP contribution in [-0.2, 0) is 0 Å². The van der Waals surface area contributed by atoms with Gasteiger partial charge >= 0.3 is 0 Å². The maximum atomic E-state index is 12.1. The maximum absolute atomic E-state index is 12.1. The van der Waals surface area contributed by atoms with Gasteiger partial charge < -0.3 is 15.2 Å². The number of benzene rings is 1. The maximum Gasteiger partial charge on any atom is 0.179 e. The lowest BCUT2D eigenvalue weighted by Crippen LogP contribution is -2.31. The van der Waals surface area contributed by atoms with Crippen LogP contribution in [0, 0.1) is 5.92 Å². The van der Waals surface area contributed by atoms with Crippen LogP contribution in [0.4, 0.5) is 0 Å². The molecular weight excluding hydrogens is 230 g/mol. The lowest BCUT2D eigenvalue weighted by molar-refractivity contribution is 0.0950. The van der Waals surface area contributed by atoms with E-state index >= 15 is 0 Å². The first-order valence-electron chi connectivity index (χ1n) is 6.01. The summed E-state index contributed by atoms with van der Waals surface area (Å²) in [4.78, 5) is 12.1. The van der Waals surface area contributed by atoms with Gasteiger partial charge in [-0.1, -0.05) is 13.8 Å². The largest absolute Gasteiger partial charge is 0.493 e. The summed E-state index contributed by atoms with van der Waals surface area (Å²) in [7, 11) is 3.10. The van der Waals surface area contributed by atoms with Crippen molar-refractivity contribution in [1.29, 1.82) is 0 Å². The molecule has 1 aromatic carbocycles. The monoisotopic (exact) mass is 251 g/mol. The molecule has 0 spiro atoms. The van der Waals surface area contributed by atoms with Gasteiger partial charge in [-0.25, -0.2) is 0 Å². The van der Waals surface area contributed by atoms with Gasteiger partial charge in [0.2, 0.25) is 0 Å². The third-order valence-electron chi connectivity index (χ3n) is 2.73. The van der Waals surface area contributed by atoms with Crippen molar-refractivity contribution in [2.24, 2.45) is 11.7 Å². The lowest BCUT2D eigenvalue weighted by Gasteiger charge is -2.14. The Kier molecular flexibility index (Phi) is 5.16. The van der Waals surface area contributed by atoms with Gasteiger partial charge in [-0.2, -0.15) is 0 Å². The number of rotatable bonds is 6. The van der Waals surface area contributed by atoms with Crippen LogP contribution in [-0.4, -0.2) is 26.0 Å². The molecule has 4 heteroatoms. The number of carbonyl (C=O) groups is 1. The molecule has 1 unspecified atom stereocenters. The van der Waals surface area contributed by atoms with Crippen LogP contribution in [0.15, 0.2) is 18.2 Å². The van der Waals surface area contributed by atoms with Gasteiger partial charge in [0.05, 0.1) is 20.3 Å². The number of Topliss-reactive ketones (excluding diaryl/α,β-unsaturated/α-hetero) is 1. The Morgan fingerprint density at radius 3 is 2.33 bits per heavy atom. The topological polar surface area (TPSA) is 61.5 Å². The summed E-state index contributed by atoms with van der Waals surface area (Å²) in [6.45, 7) is 4.09. The fourth-order valence-corrected chi connectivity index (χ4v) is 1.82. The van der Waals surface area contributed by atoms with Crippen molar-refractivity contribution in [3.8, 4) is 11.5 Å². The van der Waals surface area contributed by atoms with Crippen LogP contribution in [0.2, 0.25) is 0 Å². The van der Waals surface area contributed by atoms with E-state index in [0.29, 0.717) is 29.4 Å². The minimum Gasteiger partial charge on any atom is -0.493 e. The molecule has 0 radical (unpaired) electrons. The molecule has 0 aliphatic carbocycles. The molecule has 18 heavy (non-hydrogen) atoms. The van der Waals surface area contributed by atoms with Crippen LogP contribution in [0.5, 0.6) is 11.5 Å². The number of ketones is 1. The predicted molar refractivity (Wildman–Crippen MR) is 71.3 cm³/mol. The van der Waals surface area contributed by atoms with Crippen molar-refractivity contribution in [1.82, 2.24) is 0 Å². The summed E-state index contributed by atoms with van der Waals surface area (Å²) >= 11 is 0. The zero-order chi connectivity index (χ0) is 13.7. The average molecular weight is 251 g/mol. The molecule has 0 bridgehead atoms. The first-order valence-corrected chi connectivity index (χ1v) is 6.01. The van der Waals surface area contributed by atoms with Crippen molar-refractivity contribution >= 4 is 5.78 Å². The van der Waals surface area contributed by atoms with Gasteiger partial charge in [-0.15, -0.1) is 0 Å². The molecule has 2 N–H and O–H groups in total. The van der Waals surface area contributed by atoms with Crippen molar-refractivity contribution in [3.05, 3.63) is 23.8 Å². The zero-order valence-corrected chi connectivity index (χ0v) is 11.4. The molecule has 0 amide bonds. The Hall–Kier alpha value is -1.55. The Morgan fingerprint density at radius 2 is 1.83 bits per heavy atom. The first kappa shape index (κ1) is 14.5. The van der Waals surface area contributed by atoms with E-state index in [1.54, 1.807) is 32.4 Å². The number of nitrogens with two attached hydrogens (primary N) is 1. The zero-order valence-electron chi connectivity index (χ0n) is 11.4. The summed E-state index contributed by atoms with van der Waals surface area (Å²) in [5.74, 6) is 1.47. The molecule has 0 heterocycles. The molecule has 4 nitrogen and oxygen atoms in total. The van der Waals surface area contributed by atoms with E-state index < -0.39 is 6.04 Å². The summed E-state index contributed by atoms with van der Waals surface area (Å²) in [6.07, 6.45) is 0.674. The lowest BCUT2D eigenvalue weighted by atomic mass is 9.96. The molecule has 0 saturated carbocycles. The van der Waals surface area contributed by atoms with Gasteiger partial charge in [-0.3, -0.25) is 4.79 Å². The standard InChI is InChI=1S/C14H21NO3/c1-9(2)7-11(15)14(16)10-5-6-12(17-3)13(8-10)18-4/h5-6,8-9,11H,7,15H2,1-4H3. The summed E-state index contributed by atoms with van der Waals surface area (Å²) < 4.78 is 10.3. The molecule has 1 aromatic rings. The quantitative estimate of drug-likeness (QED) is 0.788. The van der Waals surface area contributed by atoms with Crippen LogP contribution in [0.25, 0.3) is 0 Å². The second kappa shape index (κ2) is 6.40. The number of methoxy groups -OCH3 is 2. The predicted octanol–water partition coefficient (Wildman–Crippen LogP) is 2.26. The van der Waals surface area contributed by atoms with Gasteiger partial charge in [0.1, 0.15) is 0 Å². The summed E-state index contributed by atoms with van der Waals surface area (Å²) in [6, 6.07) is 4.63. The van der Waals surface area contributed by atoms with Crippen LogP contribution >= 0.6 is 0 Å². The highest BCUT2D eigenvalue weighted by atomic mass is 16.5. The highest BCUT2D eigenvalue weighted by Crippen LogP contribution is 2.28. The van der Waals surface area contributed by atoms with E-state index in [-0.39, 0.29) is 5.78 Å². The number of ether oxygens (including phenoxy) is 2. The Balaban J connectivity index is 2.92. The molecule has 1 atom stereocenters. The van der Waals surface area contributed by atoms with Crippen LogP contribution in [0.3, 0.4) is 0 Å². The Bertz CT molecular complexity index is 416. The van der Waals surface area contributed by atoms with Crippen molar-refractivity contribution < 1.29 is 14.3 Å². The smallest absolute Gasteiger partial charge is 0.179 e. The second-order valence-electron chi connectivity index (χ2n) is 4.67. The van der Waals surface area contributed by atoms with Crippen molar-refractivity contribution in [2.45, 2.75) is 26.3 Å². The highest BCUT2D eigenvalue weighted by Gasteiger charge is 2.18. The third kappa shape index (κ3) is 3.47. The fourth-order valence-electron chi connectivity index (χ4n) is 1.82. The normalized spacial score (nSPS) is 12.3. The fraction of sp³-hybridized carbons (Fsp3) is 0.500. The second-order valence-corrected chi connectivity index (χ2v) is 4.67. The molecule has 1 rings (SSSR count). The van der Waals surface area contributed by atoms with E-state index in [4.69, 9.17) is 15.2 Å². The number of hydrogen-bond acceptors (Lipinski definition) is 4. The minimum absolute atomic E-state index is 0.0651. The first-order chi connectivity index (χ1) is 8.49. The molecular formula is C14H21NO3. The summed E-state index contributed by atoms with van der Waals surface area (Å²) in [5, 5.41) is 0. The van der Waals surface area contributed by atoms with Gasteiger partial charge in [0.15, 0.2) is 17.3 Å². The molecule has 0 aliphatic rings. The van der Waals surface area contributed by atoms with Crippen molar-refractivity contribution in [2.75, 3.05) is 14.2 Å². The molecule has 100 valence electrons. The SMILES string of the molecule is COc1ccc(C(=O)C(N)CC(C)C)cc1OC. The van der Waals surface area contributed by atoms with Crippen LogP contribution in [0.1, 0.15) is 30.6 Å². The third-order valence-corrected chi connectivity index (χ3v) is 2.73. The van der Waals surface area contributed by atoms with Crippen molar-refractivity contribution in [3.63, 3.8) is 0 Å².